The van der Waals surface area contributed by atoms with Gasteiger partial charge in [0.2, 0.25) is 5.91 Å². The number of hydrogen-bond donors (Lipinski definition) is 2. The molecule has 4 aromatic carbocycles. The number of nitrogens with two attached hydrogens (primary N) is 1. The van der Waals surface area contributed by atoms with Gasteiger partial charge in [0, 0.05) is 58.9 Å². The van der Waals surface area contributed by atoms with Crippen LogP contribution in [-0.2, 0) is 24.7 Å². The van der Waals surface area contributed by atoms with Gasteiger partial charge in [-0.25, -0.2) is 39.3 Å². The maximum atomic E-state index is 16.1. The number of benzene rings is 4. The number of amides is 1. The molecule has 0 saturated carbocycles. The van der Waals surface area contributed by atoms with Crippen LogP contribution in [0.5, 0.6) is 23.3 Å². The second kappa shape index (κ2) is 19.7. The fourth-order valence-electron chi connectivity index (χ4n) is 9.33. The number of carbonyl (C=O) groups is 1. The number of para-hydroxylation sites is 1. The number of aryl methyl sites for hydroxylation is 5. The molecule has 0 radical (unpaired) electrons. The lowest BCUT2D eigenvalue weighted by Crippen LogP contribution is -2.07. The molecule has 10 aromatic rings. The summed E-state index contributed by atoms with van der Waals surface area (Å²) < 4.78 is 32.6. The molecule has 0 fully saturated rings. The smallest absolute Gasteiger partial charge is 0.322 e. The lowest BCUT2D eigenvalue weighted by Gasteiger charge is -2.17. The first-order valence-corrected chi connectivity index (χ1v) is 23.5. The summed E-state index contributed by atoms with van der Waals surface area (Å²) in [6.07, 6.45) is 14.6. The number of aromatic nitrogens is 9. The second-order valence-corrected chi connectivity index (χ2v) is 17.7. The summed E-state index contributed by atoms with van der Waals surface area (Å²) in [6.45, 7) is 11.6. The predicted molar refractivity (Wildman–Crippen MR) is 283 cm³/mol. The fourth-order valence-corrected chi connectivity index (χ4v) is 9.33. The first kappa shape index (κ1) is 47.1. The maximum absolute atomic E-state index is 16.1. The van der Waals surface area contributed by atoms with Crippen molar-refractivity contribution in [3.05, 3.63) is 175 Å². The quantitative estimate of drug-likeness (QED) is 0.0784. The average Bonchev–Trinajstić information content (AvgIpc) is 3.91. The summed E-state index contributed by atoms with van der Waals surface area (Å²) >= 11 is 0. The molecule has 0 aliphatic carbocycles. The summed E-state index contributed by atoms with van der Waals surface area (Å²) in [5.74, 6) is 3.33. The van der Waals surface area contributed by atoms with E-state index in [4.69, 9.17) is 26.6 Å². The lowest BCUT2D eigenvalue weighted by atomic mass is 9.94. The molecule has 1 amide bonds. The topological polar surface area (TPSA) is 174 Å². The van der Waals surface area contributed by atoms with E-state index in [1.807, 2.05) is 85.3 Å². The highest BCUT2D eigenvalue weighted by molar-refractivity contribution is 6.08. The van der Waals surface area contributed by atoms with Crippen molar-refractivity contribution < 1.29 is 18.7 Å². The Labute approximate surface area is 420 Å². The number of terminal acetylenes is 1. The molecule has 0 unspecified atom stereocenters. The molecular weight excluding hydrogens is 918 g/mol. The number of nitrogen functional groups attached to an aromatic ring is 1. The molecule has 0 aliphatic rings. The zero-order chi connectivity index (χ0) is 50.9. The van der Waals surface area contributed by atoms with Crippen molar-refractivity contribution in [1.82, 2.24) is 44.0 Å². The third-order valence-corrected chi connectivity index (χ3v) is 12.7. The SMILES string of the molecule is C#Cc1cc(CCc2ccccc2Oc2ccc(-c3c(-c4ccc(NC(=O)C=C)cc4)n(C(C)C)c4ncnc(C)c34)cc2)c(-c2c(-c3ccc(Oc4nccc(C)n4)c(F)c3)c3c(N)ncnc3n2C)cn1. The van der Waals surface area contributed by atoms with Crippen LogP contribution in [0.3, 0.4) is 0 Å². The van der Waals surface area contributed by atoms with Crippen LogP contribution in [-0.4, -0.2) is 49.9 Å². The van der Waals surface area contributed by atoms with E-state index in [2.05, 4.69) is 78.3 Å². The monoisotopic (exact) mass is 965 g/mol. The second-order valence-electron chi connectivity index (χ2n) is 17.7. The van der Waals surface area contributed by atoms with E-state index in [9.17, 15) is 4.79 Å². The molecule has 0 atom stereocenters. The number of carbonyl (C=O) groups excluding carboxylic acids is 1. The van der Waals surface area contributed by atoms with E-state index >= 15 is 4.39 Å². The predicted octanol–water partition coefficient (Wildman–Crippen LogP) is 12.0. The van der Waals surface area contributed by atoms with Crippen LogP contribution in [0.25, 0.3) is 66.8 Å². The van der Waals surface area contributed by atoms with Crippen molar-refractivity contribution in [1.29, 1.82) is 0 Å². The highest BCUT2D eigenvalue weighted by atomic mass is 19.1. The number of halogens is 1. The lowest BCUT2D eigenvalue weighted by molar-refractivity contribution is -0.111. The van der Waals surface area contributed by atoms with Gasteiger partial charge < -0.3 is 29.7 Å². The van der Waals surface area contributed by atoms with E-state index in [1.165, 1.54) is 24.5 Å². The molecule has 0 bridgehead atoms. The number of ether oxygens (including phenoxy) is 2. The summed E-state index contributed by atoms with van der Waals surface area (Å²) in [4.78, 5) is 43.4. The van der Waals surface area contributed by atoms with Crippen molar-refractivity contribution in [2.24, 2.45) is 7.05 Å². The Morgan fingerprint density at radius 2 is 1.51 bits per heavy atom. The highest BCUT2D eigenvalue weighted by Gasteiger charge is 2.27. The Bertz CT molecular complexity index is 3820. The summed E-state index contributed by atoms with van der Waals surface area (Å²) in [6, 6.07) is 32.2. The van der Waals surface area contributed by atoms with Crippen molar-refractivity contribution in [3.63, 3.8) is 0 Å². The number of rotatable bonds is 14. The fraction of sp³-hybridized carbons (Fsp3) is 0.138. The molecule has 360 valence electrons. The number of pyridine rings is 1. The molecular formula is C58H48FN11O3. The summed E-state index contributed by atoms with van der Waals surface area (Å²) in [7, 11) is 1.88. The van der Waals surface area contributed by atoms with Gasteiger partial charge in [0.1, 0.15) is 47.0 Å². The number of nitrogens with one attached hydrogen (secondary N) is 1. The van der Waals surface area contributed by atoms with Crippen LogP contribution >= 0.6 is 0 Å². The van der Waals surface area contributed by atoms with Gasteiger partial charge in [0.25, 0.3) is 0 Å². The van der Waals surface area contributed by atoms with E-state index in [1.54, 1.807) is 37.8 Å². The normalized spacial score (nSPS) is 11.3. The molecule has 6 aromatic heterocycles. The van der Waals surface area contributed by atoms with Gasteiger partial charge in [0.15, 0.2) is 11.6 Å². The van der Waals surface area contributed by atoms with Gasteiger partial charge in [-0.15, -0.1) is 6.42 Å². The van der Waals surface area contributed by atoms with Crippen molar-refractivity contribution in [2.75, 3.05) is 11.1 Å². The third-order valence-electron chi connectivity index (χ3n) is 12.7. The summed E-state index contributed by atoms with van der Waals surface area (Å²) in [5.41, 5.74) is 19.0. The Balaban J connectivity index is 0.975. The molecule has 6 heterocycles. The third kappa shape index (κ3) is 9.09. The van der Waals surface area contributed by atoms with Crippen molar-refractivity contribution in [3.8, 4) is 80.4 Å². The van der Waals surface area contributed by atoms with E-state index in [-0.39, 0.29) is 29.5 Å². The maximum Gasteiger partial charge on any atom is 0.322 e. The molecule has 14 nitrogen and oxygen atoms in total. The van der Waals surface area contributed by atoms with Gasteiger partial charge in [-0.1, -0.05) is 61.0 Å². The minimum atomic E-state index is -0.624. The van der Waals surface area contributed by atoms with E-state index < -0.39 is 5.82 Å². The molecule has 3 N–H and O–H groups in total. The molecule has 73 heavy (non-hydrogen) atoms. The van der Waals surface area contributed by atoms with Crippen molar-refractivity contribution >= 4 is 39.5 Å². The number of hydrogen-bond acceptors (Lipinski definition) is 11. The zero-order valence-corrected chi connectivity index (χ0v) is 40.7. The van der Waals surface area contributed by atoms with Crippen LogP contribution in [0, 0.1) is 32.0 Å². The van der Waals surface area contributed by atoms with Gasteiger partial charge in [-0.2, -0.15) is 0 Å². The molecule has 0 saturated heterocycles. The number of fused-ring (bicyclic) bond motifs is 2. The first-order valence-electron chi connectivity index (χ1n) is 23.5. The standard InChI is InChI=1S/C58H48FN11O3/c1-8-41-28-39(44(30-62-41)54-51(52-55(60)64-32-65-56(52)69(54)7)40-20-25-47(45(59)29-40)73-58-61-27-26-34(5)67-58)15-14-36-12-10-11-13-46(36)72-43-23-18-37(19-24-43)50-49-35(6)63-31-66-57(49)70(33(3)4)53(50)38-16-21-42(22-17-38)68-48(71)9-2/h1,9-13,16-33H,2,14-15H2,3-7H3,(H,68,71)(H2,60,64,65). The zero-order valence-electron chi connectivity index (χ0n) is 40.7. The average molecular weight is 966 g/mol. The van der Waals surface area contributed by atoms with E-state index in [0.29, 0.717) is 69.3 Å². The minimum absolute atomic E-state index is 0.0321. The van der Waals surface area contributed by atoms with Crippen LogP contribution in [0.1, 0.15) is 48.1 Å². The van der Waals surface area contributed by atoms with Crippen molar-refractivity contribution in [2.45, 2.75) is 46.6 Å². The Kier molecular flexibility index (Phi) is 12.7. The van der Waals surface area contributed by atoms with Crippen LogP contribution in [0.2, 0.25) is 0 Å². The Morgan fingerprint density at radius 3 is 2.25 bits per heavy atom. The number of nitrogens with zero attached hydrogens (tertiary/aromatic N) is 9. The summed E-state index contributed by atoms with van der Waals surface area (Å²) in [5, 5.41) is 4.35. The largest absolute Gasteiger partial charge is 0.457 e. The molecule has 0 spiro atoms. The van der Waals surface area contributed by atoms with Gasteiger partial charge in [-0.3, -0.25) is 4.79 Å². The van der Waals surface area contributed by atoms with Gasteiger partial charge >= 0.3 is 6.01 Å². The van der Waals surface area contributed by atoms with E-state index in [0.717, 1.165) is 55.8 Å². The highest BCUT2D eigenvalue weighted by Crippen LogP contribution is 2.46. The molecule has 15 heteroatoms. The Hall–Kier alpha value is -9.55. The number of anilines is 2. The van der Waals surface area contributed by atoms with Crippen LogP contribution < -0.4 is 20.5 Å². The van der Waals surface area contributed by atoms with Crippen LogP contribution in [0.4, 0.5) is 15.9 Å². The molecule has 0 aliphatic heterocycles. The van der Waals surface area contributed by atoms with Crippen LogP contribution in [0.15, 0.2) is 141 Å². The minimum Gasteiger partial charge on any atom is -0.457 e. The Morgan fingerprint density at radius 1 is 0.795 bits per heavy atom. The van der Waals surface area contributed by atoms with Gasteiger partial charge in [0.05, 0.1) is 22.5 Å². The van der Waals surface area contributed by atoms with Gasteiger partial charge in [-0.05, 0) is 129 Å². The first-order chi connectivity index (χ1) is 35.4. The molecule has 10 rings (SSSR count).